The Balaban J connectivity index is 1.73. The second kappa shape index (κ2) is 5.40. The Morgan fingerprint density at radius 1 is 1.38 bits per heavy atom. The first-order valence-corrected chi connectivity index (χ1v) is 6.74. The molecule has 21 heavy (non-hydrogen) atoms. The Bertz CT molecular complexity index is 715. The molecule has 1 N–H and O–H groups in total. The summed E-state index contributed by atoms with van der Waals surface area (Å²) in [5.41, 5.74) is 2.54. The van der Waals surface area contributed by atoms with Crippen LogP contribution in [0.2, 0.25) is 0 Å². The number of H-pyrrole nitrogens is 1. The summed E-state index contributed by atoms with van der Waals surface area (Å²) in [4.78, 5) is 21.6. The summed E-state index contributed by atoms with van der Waals surface area (Å²) in [5, 5.41) is 3.87. The molecule has 3 aromatic rings. The number of hydrogen-bond donors (Lipinski definition) is 1. The molecular formula is C15H16N4O2. The van der Waals surface area contributed by atoms with Gasteiger partial charge in [-0.1, -0.05) is 17.3 Å². The molecule has 0 spiro atoms. The van der Waals surface area contributed by atoms with E-state index in [2.05, 4.69) is 15.1 Å². The highest BCUT2D eigenvalue weighted by molar-refractivity contribution is 5.80. The molecule has 2 heterocycles. The fraction of sp³-hybridized carbons (Fsp3) is 0.267. The van der Waals surface area contributed by atoms with Crippen molar-refractivity contribution in [2.45, 2.75) is 19.4 Å². The number of hydrogen-bond acceptors (Lipinski definition) is 4. The largest absolute Gasteiger partial charge is 0.364 e. The summed E-state index contributed by atoms with van der Waals surface area (Å²) in [5.74, 6) is 0.643. The summed E-state index contributed by atoms with van der Waals surface area (Å²) in [6.45, 7) is 1.91. The van der Waals surface area contributed by atoms with Crippen molar-refractivity contribution in [1.29, 1.82) is 0 Å². The molecule has 6 nitrogen and oxygen atoms in total. The highest BCUT2D eigenvalue weighted by Crippen LogP contribution is 2.18. The van der Waals surface area contributed by atoms with Crippen molar-refractivity contribution in [3.8, 4) is 0 Å². The number of aromatic nitrogens is 3. The monoisotopic (exact) mass is 284 g/mol. The van der Waals surface area contributed by atoms with Gasteiger partial charge in [-0.2, -0.15) is 0 Å². The number of para-hydroxylation sites is 2. The lowest BCUT2D eigenvalue weighted by atomic mass is 10.2. The zero-order valence-corrected chi connectivity index (χ0v) is 11.9. The fourth-order valence-electron chi connectivity index (χ4n) is 2.21. The lowest BCUT2D eigenvalue weighted by Crippen LogP contribution is -2.31. The minimum absolute atomic E-state index is 0.0236. The van der Waals surface area contributed by atoms with Gasteiger partial charge in [0.05, 0.1) is 23.5 Å². The second-order valence-corrected chi connectivity index (χ2v) is 4.98. The number of aromatic amines is 1. The molecule has 0 radical (unpaired) electrons. The molecule has 0 aliphatic rings. The van der Waals surface area contributed by atoms with Crippen molar-refractivity contribution in [3.05, 3.63) is 48.1 Å². The van der Waals surface area contributed by atoms with Gasteiger partial charge >= 0.3 is 0 Å². The molecular weight excluding hydrogens is 268 g/mol. The number of nitrogens with zero attached hydrogens (tertiary/aromatic N) is 3. The summed E-state index contributed by atoms with van der Waals surface area (Å²) >= 11 is 0. The molecule has 0 saturated carbocycles. The molecule has 2 aromatic heterocycles. The molecule has 1 atom stereocenters. The highest BCUT2D eigenvalue weighted by atomic mass is 16.5. The van der Waals surface area contributed by atoms with Crippen LogP contribution in [0.5, 0.6) is 0 Å². The number of amides is 1. The number of nitrogens with one attached hydrogen (secondary N) is 1. The zero-order chi connectivity index (χ0) is 14.8. The van der Waals surface area contributed by atoms with Crippen molar-refractivity contribution in [3.63, 3.8) is 0 Å². The van der Waals surface area contributed by atoms with Crippen molar-refractivity contribution in [1.82, 2.24) is 20.0 Å². The summed E-state index contributed by atoms with van der Waals surface area (Å²) in [6, 6.07) is 9.34. The maximum atomic E-state index is 12.3. The van der Waals surface area contributed by atoms with Crippen molar-refractivity contribution >= 4 is 16.9 Å². The van der Waals surface area contributed by atoms with Crippen LogP contribution < -0.4 is 0 Å². The minimum atomic E-state index is -0.138. The topological polar surface area (TPSA) is 75.0 Å². The first-order valence-electron chi connectivity index (χ1n) is 6.74. The quantitative estimate of drug-likeness (QED) is 0.797. The summed E-state index contributed by atoms with van der Waals surface area (Å²) in [6.07, 6.45) is 1.73. The van der Waals surface area contributed by atoms with Crippen LogP contribution in [0, 0.1) is 0 Å². The van der Waals surface area contributed by atoms with E-state index in [0.717, 1.165) is 16.7 Å². The molecule has 0 saturated heterocycles. The lowest BCUT2D eigenvalue weighted by molar-refractivity contribution is -0.131. The van der Waals surface area contributed by atoms with Crippen LogP contribution in [0.25, 0.3) is 11.0 Å². The molecule has 0 aliphatic heterocycles. The Morgan fingerprint density at radius 2 is 2.19 bits per heavy atom. The molecule has 1 aromatic carbocycles. The van der Waals surface area contributed by atoms with E-state index in [1.54, 1.807) is 18.0 Å². The Morgan fingerprint density at radius 3 is 2.90 bits per heavy atom. The number of fused-ring (bicyclic) bond motifs is 1. The smallest absolute Gasteiger partial charge is 0.230 e. The fourth-order valence-corrected chi connectivity index (χ4v) is 2.21. The maximum Gasteiger partial charge on any atom is 0.230 e. The number of imidazole rings is 1. The van der Waals surface area contributed by atoms with Crippen molar-refractivity contribution in [2.24, 2.45) is 0 Å². The Labute approximate surface area is 121 Å². The van der Waals surface area contributed by atoms with Gasteiger partial charge in [-0.25, -0.2) is 4.98 Å². The first-order chi connectivity index (χ1) is 10.1. The van der Waals surface area contributed by atoms with Gasteiger partial charge in [0.25, 0.3) is 0 Å². The third-order valence-corrected chi connectivity index (χ3v) is 3.62. The van der Waals surface area contributed by atoms with Crippen LogP contribution in [0.4, 0.5) is 0 Å². The molecule has 3 rings (SSSR count). The first kappa shape index (κ1) is 13.4. The lowest BCUT2D eigenvalue weighted by Gasteiger charge is -2.22. The number of likely N-dealkylation sites (N-methyl/N-ethyl adjacent to an activating group) is 1. The summed E-state index contributed by atoms with van der Waals surface area (Å²) in [7, 11) is 1.75. The van der Waals surface area contributed by atoms with Gasteiger partial charge in [0, 0.05) is 13.1 Å². The van der Waals surface area contributed by atoms with E-state index >= 15 is 0 Å². The van der Waals surface area contributed by atoms with Crippen LogP contribution in [0.1, 0.15) is 24.5 Å². The van der Waals surface area contributed by atoms with Crippen molar-refractivity contribution < 1.29 is 9.32 Å². The van der Waals surface area contributed by atoms with Crippen molar-refractivity contribution in [2.75, 3.05) is 7.05 Å². The van der Waals surface area contributed by atoms with Gasteiger partial charge in [-0.3, -0.25) is 4.79 Å². The summed E-state index contributed by atoms with van der Waals surface area (Å²) < 4.78 is 4.82. The number of rotatable bonds is 4. The zero-order valence-electron chi connectivity index (χ0n) is 11.9. The predicted molar refractivity (Wildman–Crippen MR) is 77.5 cm³/mol. The number of carbonyl (C=O) groups excluding carboxylic acids is 1. The van der Waals surface area contributed by atoms with Crippen LogP contribution in [-0.4, -0.2) is 33.0 Å². The van der Waals surface area contributed by atoms with Crippen LogP contribution >= 0.6 is 0 Å². The normalized spacial score (nSPS) is 12.5. The van der Waals surface area contributed by atoms with Gasteiger partial charge in [0.15, 0.2) is 0 Å². The molecule has 1 unspecified atom stereocenters. The van der Waals surface area contributed by atoms with Crippen LogP contribution in [-0.2, 0) is 11.2 Å². The Kier molecular flexibility index (Phi) is 3.43. The molecule has 6 heteroatoms. The van der Waals surface area contributed by atoms with Gasteiger partial charge in [-0.15, -0.1) is 0 Å². The van der Waals surface area contributed by atoms with E-state index in [0.29, 0.717) is 5.82 Å². The Hall–Kier alpha value is -2.63. The predicted octanol–water partition coefficient (Wildman–Crippen LogP) is 2.31. The van der Waals surface area contributed by atoms with E-state index in [1.165, 1.54) is 6.26 Å². The van der Waals surface area contributed by atoms with Gasteiger partial charge in [-0.05, 0) is 19.1 Å². The van der Waals surface area contributed by atoms with Gasteiger partial charge in [0.2, 0.25) is 5.91 Å². The van der Waals surface area contributed by atoms with Gasteiger partial charge in [0.1, 0.15) is 17.8 Å². The maximum absolute atomic E-state index is 12.3. The van der Waals surface area contributed by atoms with E-state index in [-0.39, 0.29) is 18.4 Å². The molecule has 0 fully saturated rings. The standard InChI is InChI=1S/C15H16N4O2/c1-10(11-7-8-21-18-11)19(2)15(20)9-14-16-12-5-3-4-6-13(12)17-14/h3-8,10H,9H2,1-2H3,(H,16,17). The average Bonchev–Trinajstić information content (AvgIpc) is 3.14. The molecule has 0 aliphatic carbocycles. The van der Waals surface area contributed by atoms with Crippen LogP contribution in [0.15, 0.2) is 41.1 Å². The average molecular weight is 284 g/mol. The second-order valence-electron chi connectivity index (χ2n) is 4.98. The SMILES string of the molecule is CC(c1ccon1)N(C)C(=O)Cc1nc2ccccc2[nH]1. The third-order valence-electron chi connectivity index (χ3n) is 3.62. The molecule has 1 amide bonds. The van der Waals surface area contributed by atoms with E-state index < -0.39 is 0 Å². The van der Waals surface area contributed by atoms with E-state index in [4.69, 9.17) is 4.52 Å². The van der Waals surface area contributed by atoms with E-state index in [1.807, 2.05) is 31.2 Å². The minimum Gasteiger partial charge on any atom is -0.364 e. The van der Waals surface area contributed by atoms with Crippen LogP contribution in [0.3, 0.4) is 0 Å². The van der Waals surface area contributed by atoms with Gasteiger partial charge < -0.3 is 14.4 Å². The number of carbonyl (C=O) groups is 1. The number of benzene rings is 1. The third kappa shape index (κ3) is 2.65. The highest BCUT2D eigenvalue weighted by Gasteiger charge is 2.20. The van der Waals surface area contributed by atoms with E-state index in [9.17, 15) is 4.79 Å². The molecule has 0 bridgehead atoms. The molecule has 108 valence electrons.